The van der Waals surface area contributed by atoms with Crippen LogP contribution in [0.2, 0.25) is 0 Å². The summed E-state index contributed by atoms with van der Waals surface area (Å²) in [6, 6.07) is 8.56. The summed E-state index contributed by atoms with van der Waals surface area (Å²) in [4.78, 5) is 10.8. The van der Waals surface area contributed by atoms with Gasteiger partial charge in [0, 0.05) is 0 Å². The number of aryl methyl sites for hydroxylation is 2. The molecule has 0 saturated heterocycles. The van der Waals surface area contributed by atoms with Crippen LogP contribution in [0.25, 0.3) is 0 Å². The summed E-state index contributed by atoms with van der Waals surface area (Å²) >= 11 is 0. The van der Waals surface area contributed by atoms with Crippen molar-refractivity contribution in [2.45, 2.75) is 18.7 Å². The van der Waals surface area contributed by atoms with Gasteiger partial charge in [0.05, 0.1) is 23.3 Å². The molecule has 2 N–H and O–H groups in total. The highest BCUT2D eigenvalue weighted by Crippen LogP contribution is 2.31. The molecule has 0 radical (unpaired) electrons. The molecule has 0 aliphatic heterocycles. The number of carboxylic acids is 1. The van der Waals surface area contributed by atoms with Gasteiger partial charge in [0.15, 0.2) is 0 Å². The molecule has 0 fully saturated rings. The maximum atomic E-state index is 12.5. The van der Waals surface area contributed by atoms with Crippen molar-refractivity contribution in [1.29, 1.82) is 0 Å². The van der Waals surface area contributed by atoms with Gasteiger partial charge in [-0.25, -0.2) is 13.2 Å². The highest BCUT2D eigenvalue weighted by Gasteiger charge is 2.18. The largest absolute Gasteiger partial charge is 0.494 e. The van der Waals surface area contributed by atoms with Crippen molar-refractivity contribution in [3.05, 3.63) is 53.1 Å². The summed E-state index contributed by atoms with van der Waals surface area (Å²) in [5.74, 6) is -0.667. The number of carbonyl (C=O) groups is 1. The summed E-state index contributed by atoms with van der Waals surface area (Å²) in [7, 11) is -2.38. The monoisotopic (exact) mass is 335 g/mol. The number of ether oxygens (including phenoxy) is 1. The van der Waals surface area contributed by atoms with Gasteiger partial charge in [-0.3, -0.25) is 4.72 Å². The number of rotatable bonds is 5. The Morgan fingerprint density at radius 3 is 2.26 bits per heavy atom. The Labute approximate surface area is 134 Å². The van der Waals surface area contributed by atoms with Crippen LogP contribution in [0, 0.1) is 13.8 Å². The fourth-order valence-corrected chi connectivity index (χ4v) is 3.33. The van der Waals surface area contributed by atoms with Crippen LogP contribution in [0.15, 0.2) is 41.3 Å². The van der Waals surface area contributed by atoms with E-state index in [0.29, 0.717) is 11.4 Å². The molecule has 2 rings (SSSR count). The van der Waals surface area contributed by atoms with Crippen molar-refractivity contribution in [2.75, 3.05) is 11.8 Å². The van der Waals surface area contributed by atoms with Crippen molar-refractivity contribution in [2.24, 2.45) is 0 Å². The second-order valence-electron chi connectivity index (χ2n) is 5.10. The highest BCUT2D eigenvalue weighted by atomic mass is 32.2. The minimum atomic E-state index is -3.84. The summed E-state index contributed by atoms with van der Waals surface area (Å²) in [5, 5.41) is 8.86. The molecule has 0 spiro atoms. The Bertz CT molecular complexity index is 842. The number of methoxy groups -OCH3 is 1. The second-order valence-corrected chi connectivity index (χ2v) is 6.78. The number of aromatic carboxylic acids is 1. The molecule has 0 amide bonds. The van der Waals surface area contributed by atoms with Gasteiger partial charge in [-0.15, -0.1) is 0 Å². The molecule has 2 aromatic carbocycles. The quantitative estimate of drug-likeness (QED) is 0.876. The maximum Gasteiger partial charge on any atom is 0.335 e. The summed E-state index contributed by atoms with van der Waals surface area (Å²) in [6.07, 6.45) is 0. The molecular formula is C16H17NO5S. The zero-order valence-corrected chi connectivity index (χ0v) is 13.8. The number of sulfonamides is 1. The lowest BCUT2D eigenvalue weighted by Gasteiger charge is -2.15. The first-order chi connectivity index (χ1) is 10.7. The summed E-state index contributed by atoms with van der Waals surface area (Å²) < 4.78 is 32.7. The molecule has 0 aliphatic carbocycles. The highest BCUT2D eigenvalue weighted by molar-refractivity contribution is 7.92. The number of hydrogen-bond donors (Lipinski definition) is 2. The average Bonchev–Trinajstić information content (AvgIpc) is 2.46. The average molecular weight is 335 g/mol. The number of hydrogen-bond acceptors (Lipinski definition) is 4. The molecule has 2 aromatic rings. The van der Waals surface area contributed by atoms with Gasteiger partial charge in [-0.1, -0.05) is 6.07 Å². The molecule has 0 aromatic heterocycles. The second kappa shape index (κ2) is 6.29. The summed E-state index contributed by atoms with van der Waals surface area (Å²) in [6.45, 7) is 3.68. The van der Waals surface area contributed by atoms with E-state index in [-0.39, 0.29) is 10.5 Å². The molecular weight excluding hydrogens is 318 g/mol. The van der Waals surface area contributed by atoms with Crippen molar-refractivity contribution >= 4 is 21.7 Å². The van der Waals surface area contributed by atoms with Crippen LogP contribution in [-0.2, 0) is 10.0 Å². The predicted molar refractivity (Wildman–Crippen MR) is 86.7 cm³/mol. The van der Waals surface area contributed by atoms with Crippen LogP contribution in [0.1, 0.15) is 21.5 Å². The van der Waals surface area contributed by atoms with Crippen LogP contribution in [0.4, 0.5) is 5.69 Å². The van der Waals surface area contributed by atoms with Gasteiger partial charge >= 0.3 is 5.97 Å². The number of benzene rings is 2. The van der Waals surface area contributed by atoms with Crippen LogP contribution in [0.5, 0.6) is 5.75 Å². The minimum Gasteiger partial charge on any atom is -0.494 e. The Morgan fingerprint density at radius 2 is 1.74 bits per heavy atom. The van der Waals surface area contributed by atoms with Crippen molar-refractivity contribution in [3.63, 3.8) is 0 Å². The predicted octanol–water partition coefficient (Wildman–Crippen LogP) is 2.81. The Balaban J connectivity index is 2.40. The van der Waals surface area contributed by atoms with Crippen molar-refractivity contribution in [3.8, 4) is 5.75 Å². The third-order valence-corrected chi connectivity index (χ3v) is 4.66. The topological polar surface area (TPSA) is 92.7 Å². The third kappa shape index (κ3) is 3.62. The Morgan fingerprint density at radius 1 is 1.13 bits per heavy atom. The Hall–Kier alpha value is -2.54. The van der Waals surface area contributed by atoms with E-state index >= 15 is 0 Å². The van der Waals surface area contributed by atoms with Crippen LogP contribution < -0.4 is 9.46 Å². The van der Waals surface area contributed by atoms with E-state index in [9.17, 15) is 13.2 Å². The zero-order chi connectivity index (χ0) is 17.2. The first-order valence-electron chi connectivity index (χ1n) is 6.76. The van der Waals surface area contributed by atoms with Crippen LogP contribution in [-0.4, -0.2) is 26.6 Å². The van der Waals surface area contributed by atoms with Gasteiger partial charge in [-0.2, -0.15) is 0 Å². The fourth-order valence-electron chi connectivity index (χ4n) is 2.28. The molecule has 0 unspecified atom stereocenters. The number of nitrogens with one attached hydrogen (secondary N) is 1. The van der Waals surface area contributed by atoms with Gasteiger partial charge in [-0.05, 0) is 55.3 Å². The lowest BCUT2D eigenvalue weighted by Crippen LogP contribution is -2.14. The standard InChI is InChI=1S/C16H17NO5S/c1-10-8-11(2)15(22-3)14(9-10)17-23(20,21)13-6-4-12(5-7-13)16(18)19/h4-9,17H,1-3H3,(H,18,19). The zero-order valence-electron chi connectivity index (χ0n) is 13.0. The summed E-state index contributed by atoms with van der Waals surface area (Å²) in [5.41, 5.74) is 2.06. The first kappa shape index (κ1) is 16.8. The van der Waals surface area contributed by atoms with Gasteiger partial charge in [0.1, 0.15) is 5.75 Å². The smallest absolute Gasteiger partial charge is 0.335 e. The third-order valence-electron chi connectivity index (χ3n) is 3.28. The molecule has 122 valence electrons. The van der Waals surface area contributed by atoms with E-state index in [4.69, 9.17) is 9.84 Å². The molecule has 23 heavy (non-hydrogen) atoms. The molecule has 0 saturated carbocycles. The maximum absolute atomic E-state index is 12.5. The molecule has 0 atom stereocenters. The van der Waals surface area contributed by atoms with E-state index < -0.39 is 16.0 Å². The molecule has 0 aliphatic rings. The van der Waals surface area contributed by atoms with Gasteiger partial charge in [0.2, 0.25) is 0 Å². The minimum absolute atomic E-state index is 0.0212. The van der Waals surface area contributed by atoms with Crippen LogP contribution >= 0.6 is 0 Å². The van der Waals surface area contributed by atoms with E-state index in [1.165, 1.54) is 31.4 Å². The van der Waals surface area contributed by atoms with Crippen molar-refractivity contribution in [1.82, 2.24) is 0 Å². The van der Waals surface area contributed by atoms with Crippen LogP contribution in [0.3, 0.4) is 0 Å². The Kier molecular flexibility index (Phi) is 4.60. The molecule has 0 bridgehead atoms. The molecule has 0 heterocycles. The molecule has 6 nitrogen and oxygen atoms in total. The normalized spacial score (nSPS) is 11.1. The number of anilines is 1. The van der Waals surface area contributed by atoms with Gasteiger partial charge in [0.25, 0.3) is 10.0 Å². The van der Waals surface area contributed by atoms with Crippen molar-refractivity contribution < 1.29 is 23.1 Å². The van der Waals surface area contributed by atoms with Gasteiger partial charge < -0.3 is 9.84 Å². The molecule has 7 heteroatoms. The fraction of sp³-hybridized carbons (Fsp3) is 0.188. The van der Waals surface area contributed by atoms with E-state index in [0.717, 1.165) is 11.1 Å². The van der Waals surface area contributed by atoms with E-state index in [1.54, 1.807) is 6.07 Å². The number of carboxylic acid groups (broad SMARTS) is 1. The lowest BCUT2D eigenvalue weighted by molar-refractivity contribution is 0.0696. The first-order valence-corrected chi connectivity index (χ1v) is 8.24. The SMILES string of the molecule is COc1c(C)cc(C)cc1NS(=O)(=O)c1ccc(C(=O)O)cc1. The van der Waals surface area contributed by atoms with E-state index in [2.05, 4.69) is 4.72 Å². The van der Waals surface area contributed by atoms with E-state index in [1.807, 2.05) is 19.9 Å². The lowest BCUT2D eigenvalue weighted by atomic mass is 10.1.